The van der Waals surface area contributed by atoms with Gasteiger partial charge in [0.15, 0.2) is 11.9 Å². The van der Waals surface area contributed by atoms with Crippen LogP contribution in [0.25, 0.3) is 0 Å². The lowest BCUT2D eigenvalue weighted by atomic mass is 10.3. The Hall–Kier alpha value is -1.89. The SMILES string of the molecule is C[C@@H](OC(=O)c1ccc(Cl)nc1)C(=O)Nc1ncc(Cl)cc1Cl. The number of halogens is 3. The van der Waals surface area contributed by atoms with Crippen LogP contribution in [0.15, 0.2) is 30.6 Å². The van der Waals surface area contributed by atoms with Crippen LogP contribution in [0.4, 0.5) is 5.82 Å². The van der Waals surface area contributed by atoms with Crippen molar-refractivity contribution >= 4 is 52.5 Å². The van der Waals surface area contributed by atoms with Gasteiger partial charge in [-0.1, -0.05) is 34.8 Å². The van der Waals surface area contributed by atoms with Crippen LogP contribution < -0.4 is 5.32 Å². The van der Waals surface area contributed by atoms with Gasteiger partial charge in [0.2, 0.25) is 0 Å². The van der Waals surface area contributed by atoms with E-state index in [2.05, 4.69) is 15.3 Å². The van der Waals surface area contributed by atoms with Gasteiger partial charge in [-0.2, -0.15) is 0 Å². The molecule has 23 heavy (non-hydrogen) atoms. The van der Waals surface area contributed by atoms with Crippen molar-refractivity contribution in [3.63, 3.8) is 0 Å². The van der Waals surface area contributed by atoms with Crippen molar-refractivity contribution in [2.45, 2.75) is 13.0 Å². The Bertz CT molecular complexity index is 738. The number of anilines is 1. The van der Waals surface area contributed by atoms with Gasteiger partial charge in [-0.3, -0.25) is 4.79 Å². The van der Waals surface area contributed by atoms with Crippen LogP contribution in [0, 0.1) is 0 Å². The molecule has 1 amide bonds. The highest BCUT2D eigenvalue weighted by Crippen LogP contribution is 2.22. The molecule has 6 nitrogen and oxygen atoms in total. The molecule has 0 aliphatic rings. The van der Waals surface area contributed by atoms with E-state index in [1.54, 1.807) is 0 Å². The van der Waals surface area contributed by atoms with Crippen LogP contribution in [-0.2, 0) is 9.53 Å². The monoisotopic (exact) mass is 373 g/mol. The predicted molar refractivity (Wildman–Crippen MR) is 87.0 cm³/mol. The lowest BCUT2D eigenvalue weighted by molar-refractivity contribution is -0.123. The topological polar surface area (TPSA) is 81.2 Å². The first-order chi connectivity index (χ1) is 10.9. The molecule has 0 saturated carbocycles. The van der Waals surface area contributed by atoms with Crippen LogP contribution in [-0.4, -0.2) is 27.9 Å². The van der Waals surface area contributed by atoms with Gasteiger partial charge < -0.3 is 10.1 Å². The zero-order valence-corrected chi connectivity index (χ0v) is 14.0. The number of carbonyl (C=O) groups excluding carboxylic acids is 2. The van der Waals surface area contributed by atoms with E-state index >= 15 is 0 Å². The standard InChI is InChI=1S/C14H10Cl3N3O3/c1-7(23-14(22)8-2-3-11(17)18-5-8)13(21)20-12-10(16)4-9(15)6-19-12/h2-7H,1H3,(H,19,20,21)/t7-/m1/s1. The molecule has 0 unspecified atom stereocenters. The first-order valence-corrected chi connectivity index (χ1v) is 7.44. The Morgan fingerprint density at radius 1 is 1.17 bits per heavy atom. The molecule has 2 heterocycles. The van der Waals surface area contributed by atoms with E-state index in [4.69, 9.17) is 39.5 Å². The van der Waals surface area contributed by atoms with E-state index in [0.717, 1.165) is 0 Å². The molecule has 0 spiro atoms. The Labute approximate surface area is 146 Å². The van der Waals surface area contributed by atoms with Gasteiger partial charge in [-0.05, 0) is 25.1 Å². The van der Waals surface area contributed by atoms with E-state index < -0.39 is 18.0 Å². The second-order valence-electron chi connectivity index (χ2n) is 4.39. The van der Waals surface area contributed by atoms with Gasteiger partial charge in [-0.15, -0.1) is 0 Å². The van der Waals surface area contributed by atoms with Crippen LogP contribution in [0.1, 0.15) is 17.3 Å². The zero-order valence-electron chi connectivity index (χ0n) is 11.7. The van der Waals surface area contributed by atoms with Crippen molar-refractivity contribution in [2.24, 2.45) is 0 Å². The highest BCUT2D eigenvalue weighted by molar-refractivity contribution is 6.36. The Morgan fingerprint density at radius 2 is 1.91 bits per heavy atom. The van der Waals surface area contributed by atoms with E-state index in [9.17, 15) is 9.59 Å². The maximum Gasteiger partial charge on any atom is 0.340 e. The minimum absolute atomic E-state index is 0.122. The number of esters is 1. The molecule has 0 saturated heterocycles. The molecule has 0 aromatic carbocycles. The number of pyridine rings is 2. The van der Waals surface area contributed by atoms with E-state index in [1.165, 1.54) is 37.5 Å². The summed E-state index contributed by atoms with van der Waals surface area (Å²) >= 11 is 17.3. The van der Waals surface area contributed by atoms with Crippen LogP contribution in [0.3, 0.4) is 0 Å². The first-order valence-electron chi connectivity index (χ1n) is 6.31. The summed E-state index contributed by atoms with van der Waals surface area (Å²) in [6.45, 7) is 1.42. The van der Waals surface area contributed by atoms with Crippen LogP contribution in [0.2, 0.25) is 15.2 Å². The molecule has 9 heteroatoms. The quantitative estimate of drug-likeness (QED) is 0.653. The summed E-state index contributed by atoms with van der Waals surface area (Å²) in [7, 11) is 0. The molecule has 2 rings (SSSR count). The van der Waals surface area contributed by atoms with Gasteiger partial charge in [0.1, 0.15) is 5.15 Å². The van der Waals surface area contributed by atoms with Gasteiger partial charge in [0, 0.05) is 12.4 Å². The number of ether oxygens (including phenoxy) is 1. The smallest absolute Gasteiger partial charge is 0.340 e. The lowest BCUT2D eigenvalue weighted by Crippen LogP contribution is -2.30. The average Bonchev–Trinajstić information content (AvgIpc) is 2.50. The molecular formula is C14H10Cl3N3O3. The third-order valence-corrected chi connectivity index (χ3v) is 3.38. The van der Waals surface area contributed by atoms with Gasteiger partial charge in [0.05, 0.1) is 15.6 Å². The summed E-state index contributed by atoms with van der Waals surface area (Å²) in [5.74, 6) is -1.17. The molecule has 1 atom stereocenters. The van der Waals surface area contributed by atoms with E-state index in [-0.39, 0.29) is 21.6 Å². The number of amides is 1. The molecule has 1 N–H and O–H groups in total. The second kappa shape index (κ2) is 7.59. The van der Waals surface area contributed by atoms with Crippen molar-refractivity contribution in [1.29, 1.82) is 0 Å². The summed E-state index contributed by atoms with van der Waals surface area (Å²) in [6, 6.07) is 4.32. The van der Waals surface area contributed by atoms with Crippen molar-refractivity contribution in [1.82, 2.24) is 9.97 Å². The number of nitrogens with zero attached hydrogens (tertiary/aromatic N) is 2. The fraction of sp³-hybridized carbons (Fsp3) is 0.143. The number of hydrogen-bond donors (Lipinski definition) is 1. The highest BCUT2D eigenvalue weighted by Gasteiger charge is 2.20. The normalized spacial score (nSPS) is 11.7. The predicted octanol–water partition coefficient (Wildman–Crippen LogP) is 3.62. The zero-order chi connectivity index (χ0) is 17.0. The molecule has 0 radical (unpaired) electrons. The summed E-state index contributed by atoms with van der Waals surface area (Å²) in [5.41, 5.74) is 0.178. The molecular weight excluding hydrogens is 365 g/mol. The number of rotatable bonds is 4. The molecule has 0 bridgehead atoms. The molecule has 2 aromatic rings. The van der Waals surface area contributed by atoms with Gasteiger partial charge in [-0.25, -0.2) is 14.8 Å². The molecule has 0 fully saturated rings. The lowest BCUT2D eigenvalue weighted by Gasteiger charge is -2.13. The molecule has 120 valence electrons. The summed E-state index contributed by atoms with van der Waals surface area (Å²) in [6.07, 6.45) is 1.53. The average molecular weight is 375 g/mol. The maximum atomic E-state index is 12.0. The largest absolute Gasteiger partial charge is 0.449 e. The third-order valence-electron chi connectivity index (χ3n) is 2.67. The van der Waals surface area contributed by atoms with Gasteiger partial charge in [0.25, 0.3) is 5.91 Å². The summed E-state index contributed by atoms with van der Waals surface area (Å²) < 4.78 is 5.04. The van der Waals surface area contributed by atoms with Crippen molar-refractivity contribution in [3.05, 3.63) is 51.4 Å². The van der Waals surface area contributed by atoms with Crippen LogP contribution in [0.5, 0.6) is 0 Å². The minimum Gasteiger partial charge on any atom is -0.449 e. The van der Waals surface area contributed by atoms with Crippen molar-refractivity contribution in [2.75, 3.05) is 5.32 Å². The first kappa shape index (κ1) is 17.5. The maximum absolute atomic E-state index is 12.0. The fourth-order valence-electron chi connectivity index (χ4n) is 1.50. The molecule has 0 aliphatic heterocycles. The summed E-state index contributed by atoms with van der Waals surface area (Å²) in [4.78, 5) is 31.6. The number of aromatic nitrogens is 2. The van der Waals surface area contributed by atoms with E-state index in [0.29, 0.717) is 5.02 Å². The number of hydrogen-bond acceptors (Lipinski definition) is 5. The number of nitrogens with one attached hydrogen (secondary N) is 1. The second-order valence-corrected chi connectivity index (χ2v) is 5.62. The molecule has 2 aromatic heterocycles. The van der Waals surface area contributed by atoms with Crippen molar-refractivity contribution < 1.29 is 14.3 Å². The third kappa shape index (κ3) is 4.79. The minimum atomic E-state index is -1.06. The Balaban J connectivity index is 1.99. The fourth-order valence-corrected chi connectivity index (χ4v) is 2.04. The Morgan fingerprint density at radius 3 is 2.52 bits per heavy atom. The van der Waals surface area contributed by atoms with E-state index in [1.807, 2.05) is 0 Å². The van der Waals surface area contributed by atoms with Crippen molar-refractivity contribution in [3.8, 4) is 0 Å². The Kier molecular flexibility index (Phi) is 5.76. The van der Waals surface area contributed by atoms with Gasteiger partial charge >= 0.3 is 5.97 Å². The van der Waals surface area contributed by atoms with Crippen LogP contribution >= 0.6 is 34.8 Å². The summed E-state index contributed by atoms with van der Waals surface area (Å²) in [5, 5.41) is 3.20. The number of carbonyl (C=O) groups is 2. The highest BCUT2D eigenvalue weighted by atomic mass is 35.5. The molecule has 0 aliphatic carbocycles.